The van der Waals surface area contributed by atoms with E-state index in [1.807, 2.05) is 13.1 Å². The van der Waals surface area contributed by atoms with Gasteiger partial charge in [0.25, 0.3) is 0 Å². The first kappa shape index (κ1) is 12.2. The van der Waals surface area contributed by atoms with Crippen LogP contribution in [0.25, 0.3) is 0 Å². The number of hydrogen-bond acceptors (Lipinski definition) is 4. The summed E-state index contributed by atoms with van der Waals surface area (Å²) in [7, 11) is 2.02. The molecule has 4 heteroatoms. The Hall–Kier alpha value is -1.26. The second-order valence-electron chi connectivity index (χ2n) is 4.38. The molecule has 4 nitrogen and oxygen atoms in total. The van der Waals surface area contributed by atoms with Crippen LogP contribution in [0.2, 0.25) is 0 Å². The molecule has 0 spiro atoms. The van der Waals surface area contributed by atoms with E-state index in [0.29, 0.717) is 0 Å². The van der Waals surface area contributed by atoms with Crippen molar-refractivity contribution >= 4 is 5.69 Å². The maximum absolute atomic E-state index is 8.82. The SMILES string of the molecule is CN(CCO)CCc1ccc2c(c1)NCCO2. The molecule has 0 aromatic heterocycles. The zero-order chi connectivity index (χ0) is 12.1. The average molecular weight is 236 g/mol. The zero-order valence-electron chi connectivity index (χ0n) is 10.3. The van der Waals surface area contributed by atoms with Crippen molar-refractivity contribution in [3.8, 4) is 5.75 Å². The minimum absolute atomic E-state index is 0.218. The zero-order valence-corrected chi connectivity index (χ0v) is 10.3. The Morgan fingerprint density at radius 3 is 3.12 bits per heavy atom. The van der Waals surface area contributed by atoms with Gasteiger partial charge < -0.3 is 20.1 Å². The molecule has 1 aromatic carbocycles. The number of rotatable bonds is 5. The first-order chi connectivity index (χ1) is 8.29. The number of likely N-dealkylation sites (N-methyl/N-ethyl adjacent to an activating group) is 1. The summed E-state index contributed by atoms with van der Waals surface area (Å²) in [5.74, 6) is 0.948. The van der Waals surface area contributed by atoms with Crippen molar-refractivity contribution in [2.24, 2.45) is 0 Å². The van der Waals surface area contributed by atoms with Gasteiger partial charge in [0.2, 0.25) is 0 Å². The maximum Gasteiger partial charge on any atom is 0.142 e. The van der Waals surface area contributed by atoms with Crippen LogP contribution in [0.15, 0.2) is 18.2 Å². The fourth-order valence-electron chi connectivity index (χ4n) is 1.95. The van der Waals surface area contributed by atoms with E-state index in [1.54, 1.807) is 0 Å². The van der Waals surface area contributed by atoms with Gasteiger partial charge >= 0.3 is 0 Å². The van der Waals surface area contributed by atoms with Crippen molar-refractivity contribution in [3.05, 3.63) is 23.8 Å². The standard InChI is InChI=1S/C13H20N2O2/c1-15(7-8-16)6-4-11-2-3-13-12(10-11)14-5-9-17-13/h2-3,10,14,16H,4-9H2,1H3. The van der Waals surface area contributed by atoms with Crippen molar-refractivity contribution in [3.63, 3.8) is 0 Å². The Morgan fingerprint density at radius 1 is 1.41 bits per heavy atom. The van der Waals surface area contributed by atoms with Crippen LogP contribution in [-0.4, -0.2) is 49.9 Å². The summed E-state index contributed by atoms with van der Waals surface area (Å²) in [6.07, 6.45) is 0.992. The minimum Gasteiger partial charge on any atom is -0.490 e. The predicted octanol–water partition coefficient (Wildman–Crippen LogP) is 0.957. The van der Waals surface area contributed by atoms with Gasteiger partial charge in [-0.15, -0.1) is 0 Å². The van der Waals surface area contributed by atoms with E-state index in [0.717, 1.165) is 44.1 Å². The van der Waals surface area contributed by atoms with E-state index >= 15 is 0 Å². The molecular weight excluding hydrogens is 216 g/mol. The van der Waals surface area contributed by atoms with Gasteiger partial charge in [-0.1, -0.05) is 6.07 Å². The van der Waals surface area contributed by atoms with E-state index in [-0.39, 0.29) is 6.61 Å². The smallest absolute Gasteiger partial charge is 0.142 e. The third-order valence-corrected chi connectivity index (χ3v) is 2.98. The topological polar surface area (TPSA) is 44.7 Å². The normalized spacial score (nSPS) is 14.1. The third kappa shape index (κ3) is 3.35. The van der Waals surface area contributed by atoms with E-state index < -0.39 is 0 Å². The van der Waals surface area contributed by atoms with Crippen LogP contribution in [0.1, 0.15) is 5.56 Å². The third-order valence-electron chi connectivity index (χ3n) is 2.98. The van der Waals surface area contributed by atoms with E-state index in [2.05, 4.69) is 22.3 Å². The van der Waals surface area contributed by atoms with Gasteiger partial charge in [-0.25, -0.2) is 0 Å². The van der Waals surface area contributed by atoms with Gasteiger partial charge in [0.05, 0.1) is 12.3 Å². The fourth-order valence-corrected chi connectivity index (χ4v) is 1.95. The lowest BCUT2D eigenvalue weighted by Crippen LogP contribution is -2.24. The molecule has 2 N–H and O–H groups in total. The number of anilines is 1. The van der Waals surface area contributed by atoms with Crippen molar-refractivity contribution in [1.29, 1.82) is 0 Å². The van der Waals surface area contributed by atoms with Gasteiger partial charge in [0, 0.05) is 19.6 Å². The molecule has 0 bridgehead atoms. The molecule has 0 saturated carbocycles. The lowest BCUT2D eigenvalue weighted by atomic mass is 10.1. The van der Waals surface area contributed by atoms with Crippen molar-refractivity contribution in [2.45, 2.75) is 6.42 Å². The highest BCUT2D eigenvalue weighted by atomic mass is 16.5. The molecule has 0 atom stereocenters. The lowest BCUT2D eigenvalue weighted by Gasteiger charge is -2.20. The second-order valence-corrected chi connectivity index (χ2v) is 4.38. The first-order valence-corrected chi connectivity index (χ1v) is 6.08. The van der Waals surface area contributed by atoms with Crippen molar-refractivity contribution < 1.29 is 9.84 Å². The minimum atomic E-state index is 0.218. The average Bonchev–Trinajstić information content (AvgIpc) is 2.36. The maximum atomic E-state index is 8.82. The van der Waals surface area contributed by atoms with Crippen LogP contribution in [0, 0.1) is 0 Å². The van der Waals surface area contributed by atoms with E-state index in [9.17, 15) is 0 Å². The highest BCUT2D eigenvalue weighted by molar-refractivity contribution is 5.59. The van der Waals surface area contributed by atoms with Gasteiger partial charge in [0.1, 0.15) is 12.4 Å². The van der Waals surface area contributed by atoms with Gasteiger partial charge in [-0.05, 0) is 31.2 Å². The monoisotopic (exact) mass is 236 g/mol. The molecular formula is C13H20N2O2. The molecule has 0 aliphatic carbocycles. The number of aliphatic hydroxyl groups excluding tert-OH is 1. The van der Waals surface area contributed by atoms with Crippen molar-refractivity contribution in [1.82, 2.24) is 4.90 Å². The Morgan fingerprint density at radius 2 is 2.29 bits per heavy atom. The van der Waals surface area contributed by atoms with E-state index in [4.69, 9.17) is 9.84 Å². The van der Waals surface area contributed by atoms with Crippen LogP contribution in [-0.2, 0) is 6.42 Å². The quantitative estimate of drug-likeness (QED) is 0.799. The Bertz CT molecular complexity index is 368. The van der Waals surface area contributed by atoms with Crippen LogP contribution in [0.4, 0.5) is 5.69 Å². The molecule has 1 heterocycles. The summed E-state index contributed by atoms with van der Waals surface area (Å²) < 4.78 is 5.54. The summed E-state index contributed by atoms with van der Waals surface area (Å²) in [5, 5.41) is 12.2. The molecule has 1 aliphatic heterocycles. The number of aliphatic hydroxyl groups is 1. The Balaban J connectivity index is 1.93. The number of nitrogens with one attached hydrogen (secondary N) is 1. The lowest BCUT2D eigenvalue weighted by molar-refractivity contribution is 0.223. The molecule has 0 amide bonds. The van der Waals surface area contributed by atoms with Crippen LogP contribution in [0.3, 0.4) is 0 Å². The largest absolute Gasteiger partial charge is 0.490 e. The molecule has 0 radical (unpaired) electrons. The molecule has 0 fully saturated rings. The first-order valence-electron chi connectivity index (χ1n) is 6.08. The van der Waals surface area contributed by atoms with Crippen LogP contribution in [0.5, 0.6) is 5.75 Å². The summed E-state index contributed by atoms with van der Waals surface area (Å²) >= 11 is 0. The second kappa shape index (κ2) is 5.89. The van der Waals surface area contributed by atoms with E-state index in [1.165, 1.54) is 5.56 Å². The van der Waals surface area contributed by atoms with Gasteiger partial charge in [-0.2, -0.15) is 0 Å². The molecule has 94 valence electrons. The summed E-state index contributed by atoms with van der Waals surface area (Å²) in [5.41, 5.74) is 2.39. The van der Waals surface area contributed by atoms with Crippen LogP contribution < -0.4 is 10.1 Å². The number of ether oxygens (including phenoxy) is 1. The molecule has 1 aliphatic rings. The molecule has 0 unspecified atom stereocenters. The van der Waals surface area contributed by atoms with Crippen LogP contribution >= 0.6 is 0 Å². The predicted molar refractivity (Wildman–Crippen MR) is 68.7 cm³/mol. The number of nitrogens with zero attached hydrogens (tertiary/aromatic N) is 1. The summed E-state index contributed by atoms with van der Waals surface area (Å²) in [6.45, 7) is 3.52. The highest BCUT2D eigenvalue weighted by Gasteiger charge is 2.09. The van der Waals surface area contributed by atoms with Crippen molar-refractivity contribution in [2.75, 3.05) is 45.2 Å². The number of fused-ring (bicyclic) bond motifs is 1. The number of benzene rings is 1. The Kier molecular flexibility index (Phi) is 4.23. The summed E-state index contributed by atoms with van der Waals surface area (Å²) in [4.78, 5) is 2.13. The molecule has 2 rings (SSSR count). The van der Waals surface area contributed by atoms with Gasteiger partial charge in [0.15, 0.2) is 0 Å². The van der Waals surface area contributed by atoms with Gasteiger partial charge in [-0.3, -0.25) is 0 Å². The fraction of sp³-hybridized carbons (Fsp3) is 0.538. The highest BCUT2D eigenvalue weighted by Crippen LogP contribution is 2.28. The molecule has 17 heavy (non-hydrogen) atoms. The molecule has 0 saturated heterocycles. The summed E-state index contributed by atoms with van der Waals surface area (Å²) in [6, 6.07) is 6.29. The number of hydrogen-bond donors (Lipinski definition) is 2. The molecule has 1 aromatic rings. The Labute approximate surface area is 102 Å².